The zero-order chi connectivity index (χ0) is 15.5. The molecule has 4 nitrogen and oxygen atoms in total. The van der Waals surface area contributed by atoms with Gasteiger partial charge in [-0.3, -0.25) is 4.79 Å². The summed E-state index contributed by atoms with van der Waals surface area (Å²) in [7, 11) is -3.53. The van der Waals surface area contributed by atoms with Crippen LogP contribution in [0.4, 0.5) is 0 Å². The largest absolute Gasteiger partial charge is 0.295 e. The van der Waals surface area contributed by atoms with E-state index in [1.54, 1.807) is 12.1 Å². The maximum atomic E-state index is 12.3. The van der Waals surface area contributed by atoms with E-state index < -0.39 is 10.0 Å². The second-order valence-corrected chi connectivity index (χ2v) is 7.83. The van der Waals surface area contributed by atoms with Crippen molar-refractivity contribution in [3.05, 3.63) is 29.8 Å². The van der Waals surface area contributed by atoms with Crippen LogP contribution >= 0.6 is 0 Å². The molecule has 0 radical (unpaired) electrons. The van der Waals surface area contributed by atoms with Gasteiger partial charge in [0.25, 0.3) is 0 Å². The van der Waals surface area contributed by atoms with Crippen molar-refractivity contribution in [3.63, 3.8) is 0 Å². The first-order valence-electron chi connectivity index (χ1n) is 7.49. The molecule has 0 bridgehead atoms. The molecule has 116 valence electrons. The normalized spacial score (nSPS) is 23.0. The predicted molar refractivity (Wildman–Crippen MR) is 82.8 cm³/mol. The highest BCUT2D eigenvalue weighted by Gasteiger charge is 2.21. The minimum atomic E-state index is -3.53. The highest BCUT2D eigenvalue weighted by Crippen LogP contribution is 2.28. The number of nitrogens with one attached hydrogen (secondary N) is 1. The van der Waals surface area contributed by atoms with Crippen LogP contribution in [0.1, 0.15) is 49.9 Å². The SMILES string of the molecule is CC(=O)c1cccc(S(=O)(=O)NCC2CCC(C)CC2)c1. The monoisotopic (exact) mass is 309 g/mol. The smallest absolute Gasteiger partial charge is 0.240 e. The Kier molecular flexibility index (Phi) is 5.17. The minimum Gasteiger partial charge on any atom is -0.295 e. The lowest BCUT2D eigenvalue weighted by atomic mass is 9.83. The Balaban J connectivity index is 2.01. The molecule has 0 spiro atoms. The molecule has 0 heterocycles. The molecule has 0 saturated heterocycles. The molecule has 0 aromatic heterocycles. The third kappa shape index (κ3) is 4.38. The fraction of sp³-hybridized carbons (Fsp3) is 0.562. The number of hydrogen-bond donors (Lipinski definition) is 1. The molecule has 0 unspecified atom stereocenters. The van der Waals surface area contributed by atoms with Crippen LogP contribution in [0.25, 0.3) is 0 Å². The second kappa shape index (κ2) is 6.71. The van der Waals surface area contributed by atoms with E-state index in [0.717, 1.165) is 18.8 Å². The van der Waals surface area contributed by atoms with Crippen molar-refractivity contribution in [2.24, 2.45) is 11.8 Å². The van der Waals surface area contributed by atoms with Gasteiger partial charge in [0.1, 0.15) is 0 Å². The Labute approximate surface area is 127 Å². The van der Waals surface area contributed by atoms with Crippen molar-refractivity contribution in [1.29, 1.82) is 0 Å². The first-order chi connectivity index (χ1) is 9.88. The van der Waals surface area contributed by atoms with Crippen LogP contribution in [0.5, 0.6) is 0 Å². The van der Waals surface area contributed by atoms with Gasteiger partial charge < -0.3 is 0 Å². The zero-order valence-corrected chi connectivity index (χ0v) is 13.4. The Morgan fingerprint density at radius 3 is 2.52 bits per heavy atom. The fourth-order valence-corrected chi connectivity index (χ4v) is 3.89. The zero-order valence-electron chi connectivity index (χ0n) is 12.6. The van der Waals surface area contributed by atoms with Crippen molar-refractivity contribution >= 4 is 15.8 Å². The molecule has 0 atom stereocenters. The summed E-state index contributed by atoms with van der Waals surface area (Å²) < 4.78 is 27.3. The Morgan fingerprint density at radius 2 is 1.90 bits per heavy atom. The molecule has 1 aliphatic rings. The van der Waals surface area contributed by atoms with E-state index in [0.29, 0.717) is 18.0 Å². The van der Waals surface area contributed by atoms with Gasteiger partial charge in [-0.15, -0.1) is 0 Å². The molecule has 1 aromatic carbocycles. The molecule has 0 amide bonds. The van der Waals surface area contributed by atoms with Gasteiger partial charge >= 0.3 is 0 Å². The summed E-state index contributed by atoms with van der Waals surface area (Å²) in [5.41, 5.74) is 0.421. The van der Waals surface area contributed by atoms with Gasteiger partial charge in [-0.25, -0.2) is 13.1 Å². The number of rotatable bonds is 5. The lowest BCUT2D eigenvalue weighted by Gasteiger charge is -2.26. The van der Waals surface area contributed by atoms with Gasteiger partial charge in [0.2, 0.25) is 10.0 Å². The van der Waals surface area contributed by atoms with Crippen LogP contribution < -0.4 is 4.72 Å². The van der Waals surface area contributed by atoms with Crippen molar-refractivity contribution < 1.29 is 13.2 Å². The van der Waals surface area contributed by atoms with E-state index in [9.17, 15) is 13.2 Å². The lowest BCUT2D eigenvalue weighted by Crippen LogP contribution is -2.31. The van der Waals surface area contributed by atoms with Gasteiger partial charge in [-0.05, 0) is 43.7 Å². The van der Waals surface area contributed by atoms with E-state index in [-0.39, 0.29) is 10.7 Å². The first-order valence-corrected chi connectivity index (χ1v) is 8.97. The molecule has 1 saturated carbocycles. The number of benzene rings is 1. The van der Waals surface area contributed by atoms with Crippen LogP contribution in [-0.2, 0) is 10.0 Å². The van der Waals surface area contributed by atoms with Crippen LogP contribution in [0.2, 0.25) is 0 Å². The third-order valence-electron chi connectivity index (χ3n) is 4.25. The summed E-state index contributed by atoms with van der Waals surface area (Å²) in [5.74, 6) is 1.05. The summed E-state index contributed by atoms with van der Waals surface area (Å²) >= 11 is 0. The Morgan fingerprint density at radius 1 is 1.24 bits per heavy atom. The van der Waals surface area contributed by atoms with Gasteiger partial charge in [0.15, 0.2) is 5.78 Å². The maximum absolute atomic E-state index is 12.3. The van der Waals surface area contributed by atoms with Crippen molar-refractivity contribution in [3.8, 4) is 0 Å². The molecule has 1 aromatic rings. The number of Topliss-reactive ketones (excluding diaryl/α,β-unsaturated/α-hetero) is 1. The summed E-state index contributed by atoms with van der Waals surface area (Å²) in [6, 6.07) is 6.20. The number of ketones is 1. The number of carbonyl (C=O) groups is 1. The van der Waals surface area contributed by atoms with E-state index in [1.165, 1.54) is 31.9 Å². The molecule has 5 heteroatoms. The average Bonchev–Trinajstić information content (AvgIpc) is 2.47. The highest BCUT2D eigenvalue weighted by molar-refractivity contribution is 7.89. The molecule has 1 N–H and O–H groups in total. The van der Waals surface area contributed by atoms with E-state index in [2.05, 4.69) is 11.6 Å². The molecule has 1 aliphatic carbocycles. The van der Waals surface area contributed by atoms with Gasteiger partial charge in [-0.2, -0.15) is 0 Å². The average molecular weight is 309 g/mol. The predicted octanol–water partition coefficient (Wildman–Crippen LogP) is 2.99. The summed E-state index contributed by atoms with van der Waals surface area (Å²) in [6.45, 7) is 4.16. The number of hydrogen-bond acceptors (Lipinski definition) is 3. The number of carbonyl (C=O) groups excluding carboxylic acids is 1. The summed E-state index contributed by atoms with van der Waals surface area (Å²) in [4.78, 5) is 11.5. The molecule has 1 fully saturated rings. The highest BCUT2D eigenvalue weighted by atomic mass is 32.2. The minimum absolute atomic E-state index is 0.131. The molecular formula is C16H23NO3S. The molecular weight excluding hydrogens is 286 g/mol. The van der Waals surface area contributed by atoms with Gasteiger partial charge in [0, 0.05) is 12.1 Å². The van der Waals surface area contributed by atoms with Crippen molar-refractivity contribution in [2.75, 3.05) is 6.54 Å². The quantitative estimate of drug-likeness (QED) is 0.850. The topological polar surface area (TPSA) is 63.2 Å². The molecule has 2 rings (SSSR count). The van der Waals surface area contributed by atoms with E-state index in [4.69, 9.17) is 0 Å². The molecule has 21 heavy (non-hydrogen) atoms. The summed E-state index contributed by atoms with van der Waals surface area (Å²) in [5, 5.41) is 0. The van der Waals surface area contributed by atoms with Crippen LogP contribution in [-0.4, -0.2) is 20.7 Å². The third-order valence-corrected chi connectivity index (χ3v) is 5.67. The summed E-state index contributed by atoms with van der Waals surface area (Å²) in [6.07, 6.45) is 4.51. The van der Waals surface area contributed by atoms with Crippen molar-refractivity contribution in [1.82, 2.24) is 4.72 Å². The van der Waals surface area contributed by atoms with Gasteiger partial charge in [-0.1, -0.05) is 31.9 Å². The standard InChI is InChI=1S/C16H23NO3S/c1-12-6-8-14(9-7-12)11-17-21(19,20)16-5-3-4-15(10-16)13(2)18/h3-5,10,12,14,17H,6-9,11H2,1-2H3. The Bertz CT molecular complexity index is 602. The van der Waals surface area contributed by atoms with Crippen LogP contribution in [0.3, 0.4) is 0 Å². The van der Waals surface area contributed by atoms with Crippen molar-refractivity contribution in [2.45, 2.75) is 44.4 Å². The molecule has 0 aliphatic heterocycles. The fourth-order valence-electron chi connectivity index (χ4n) is 2.73. The Hall–Kier alpha value is -1.20. The number of sulfonamides is 1. The van der Waals surface area contributed by atoms with Crippen LogP contribution in [0, 0.1) is 11.8 Å². The second-order valence-electron chi connectivity index (χ2n) is 6.06. The first kappa shape index (κ1) is 16.2. The lowest BCUT2D eigenvalue weighted by molar-refractivity contribution is 0.101. The van der Waals surface area contributed by atoms with Gasteiger partial charge in [0.05, 0.1) is 4.90 Å². The van der Waals surface area contributed by atoms with E-state index >= 15 is 0 Å². The van der Waals surface area contributed by atoms with E-state index in [1.807, 2.05) is 0 Å². The van der Waals surface area contributed by atoms with Crippen LogP contribution in [0.15, 0.2) is 29.2 Å². The maximum Gasteiger partial charge on any atom is 0.240 e.